The maximum atomic E-state index is 11.3. The first-order valence-corrected chi connectivity index (χ1v) is 9.72. The molecule has 1 amide bonds. The number of nitrogens with zero attached hydrogens (tertiary/aromatic N) is 2. The molecule has 0 unspecified atom stereocenters. The fourth-order valence-corrected chi connectivity index (χ4v) is 5.21. The molecule has 2 aliphatic carbocycles. The zero-order valence-corrected chi connectivity index (χ0v) is 14.6. The van der Waals surface area contributed by atoms with Crippen LogP contribution in [0.15, 0.2) is 6.33 Å². The van der Waals surface area contributed by atoms with E-state index in [1.165, 1.54) is 29.7 Å². The van der Waals surface area contributed by atoms with Crippen molar-refractivity contribution in [2.75, 3.05) is 0 Å². The zero-order chi connectivity index (χ0) is 16.5. The Morgan fingerprint density at radius 1 is 1.25 bits per heavy atom. The average molecular weight is 345 g/mol. The lowest BCUT2D eigenvalue weighted by atomic mass is 9.85. The van der Waals surface area contributed by atoms with Crippen molar-refractivity contribution in [2.24, 2.45) is 11.7 Å². The number of carbonyl (C=O) groups is 1. The molecule has 2 N–H and O–H groups in total. The molecule has 2 aromatic rings. The molecule has 0 spiro atoms. The first-order chi connectivity index (χ1) is 11.7. The van der Waals surface area contributed by atoms with Crippen molar-refractivity contribution in [3.63, 3.8) is 0 Å². The summed E-state index contributed by atoms with van der Waals surface area (Å²) in [7, 11) is 0. The molecule has 24 heavy (non-hydrogen) atoms. The van der Waals surface area contributed by atoms with Crippen LogP contribution in [-0.2, 0) is 17.6 Å². The van der Waals surface area contributed by atoms with E-state index in [2.05, 4.69) is 9.97 Å². The maximum absolute atomic E-state index is 11.3. The Balaban J connectivity index is 1.66. The molecule has 128 valence electrons. The number of primary amides is 1. The second-order valence-electron chi connectivity index (χ2n) is 7.02. The number of aromatic nitrogens is 2. The van der Waals surface area contributed by atoms with Gasteiger partial charge in [0, 0.05) is 11.3 Å². The number of ether oxygens (including phenoxy) is 1. The molecular formula is C18H23N3O2S. The quantitative estimate of drug-likeness (QED) is 0.921. The Labute approximate surface area is 145 Å². The Morgan fingerprint density at radius 2 is 2.08 bits per heavy atom. The third-order valence-corrected chi connectivity index (χ3v) is 6.43. The van der Waals surface area contributed by atoms with Gasteiger partial charge in [-0.1, -0.05) is 6.42 Å². The smallest absolute Gasteiger partial charge is 0.225 e. The van der Waals surface area contributed by atoms with E-state index in [1.807, 2.05) is 0 Å². The highest BCUT2D eigenvalue weighted by atomic mass is 32.1. The summed E-state index contributed by atoms with van der Waals surface area (Å²) in [5.41, 5.74) is 6.69. The number of carbonyl (C=O) groups excluding carboxylic acids is 1. The normalized spacial score (nSPS) is 21.6. The number of aryl methyl sites for hydroxylation is 1. The van der Waals surface area contributed by atoms with Crippen LogP contribution in [0.5, 0.6) is 5.88 Å². The highest BCUT2D eigenvalue weighted by Crippen LogP contribution is 2.41. The van der Waals surface area contributed by atoms with Crippen LogP contribution in [0.1, 0.15) is 55.4 Å². The van der Waals surface area contributed by atoms with Gasteiger partial charge in [-0.3, -0.25) is 4.79 Å². The van der Waals surface area contributed by atoms with Gasteiger partial charge in [0.1, 0.15) is 17.3 Å². The molecule has 1 saturated carbocycles. The second kappa shape index (κ2) is 6.67. The van der Waals surface area contributed by atoms with Crippen LogP contribution in [0.3, 0.4) is 0 Å². The fourth-order valence-electron chi connectivity index (χ4n) is 4.04. The third kappa shape index (κ3) is 3.11. The molecule has 0 radical (unpaired) electrons. The monoisotopic (exact) mass is 345 g/mol. The summed E-state index contributed by atoms with van der Waals surface area (Å²) in [6, 6.07) is 0. The number of rotatable bonds is 4. The van der Waals surface area contributed by atoms with Crippen molar-refractivity contribution in [3.05, 3.63) is 16.8 Å². The predicted molar refractivity (Wildman–Crippen MR) is 94.2 cm³/mol. The van der Waals surface area contributed by atoms with Crippen LogP contribution in [-0.4, -0.2) is 22.0 Å². The van der Waals surface area contributed by atoms with Crippen molar-refractivity contribution in [1.29, 1.82) is 0 Å². The number of nitrogens with two attached hydrogens (primary N) is 1. The molecule has 1 atom stereocenters. The molecule has 2 aromatic heterocycles. The van der Waals surface area contributed by atoms with Crippen LogP contribution in [0.4, 0.5) is 0 Å². The molecule has 4 rings (SSSR count). The lowest BCUT2D eigenvalue weighted by molar-refractivity contribution is -0.119. The van der Waals surface area contributed by atoms with Gasteiger partial charge in [0.15, 0.2) is 0 Å². The summed E-state index contributed by atoms with van der Waals surface area (Å²) in [5, 5.41) is 1.08. The molecule has 0 aliphatic heterocycles. The van der Waals surface area contributed by atoms with Crippen molar-refractivity contribution >= 4 is 27.5 Å². The molecule has 0 bridgehead atoms. The van der Waals surface area contributed by atoms with Crippen LogP contribution in [0, 0.1) is 5.92 Å². The zero-order valence-electron chi connectivity index (χ0n) is 13.8. The number of fused-ring (bicyclic) bond motifs is 3. The van der Waals surface area contributed by atoms with E-state index in [4.69, 9.17) is 10.5 Å². The van der Waals surface area contributed by atoms with Crippen molar-refractivity contribution in [1.82, 2.24) is 9.97 Å². The minimum Gasteiger partial charge on any atom is -0.474 e. The van der Waals surface area contributed by atoms with Crippen LogP contribution >= 0.6 is 11.3 Å². The van der Waals surface area contributed by atoms with E-state index < -0.39 is 0 Å². The van der Waals surface area contributed by atoms with E-state index in [0.717, 1.165) is 48.2 Å². The van der Waals surface area contributed by atoms with E-state index in [1.54, 1.807) is 17.7 Å². The van der Waals surface area contributed by atoms with Crippen LogP contribution in [0.25, 0.3) is 10.2 Å². The molecule has 5 nitrogen and oxygen atoms in total. The Kier molecular flexibility index (Phi) is 4.39. The van der Waals surface area contributed by atoms with Gasteiger partial charge in [-0.2, -0.15) is 0 Å². The molecule has 0 saturated heterocycles. The Hall–Kier alpha value is -1.69. The number of hydrogen-bond acceptors (Lipinski definition) is 5. The van der Waals surface area contributed by atoms with Gasteiger partial charge >= 0.3 is 0 Å². The Morgan fingerprint density at radius 3 is 2.88 bits per heavy atom. The SMILES string of the molecule is NC(=O)C[C@H]1CCc2sc3ncnc(OC4CCCCC4)c3c2C1. The van der Waals surface area contributed by atoms with Gasteiger partial charge in [0.25, 0.3) is 0 Å². The summed E-state index contributed by atoms with van der Waals surface area (Å²) < 4.78 is 6.27. The van der Waals surface area contributed by atoms with Gasteiger partial charge in [-0.15, -0.1) is 11.3 Å². The lowest BCUT2D eigenvalue weighted by Gasteiger charge is -2.24. The van der Waals surface area contributed by atoms with Crippen LogP contribution < -0.4 is 10.5 Å². The summed E-state index contributed by atoms with van der Waals surface area (Å²) in [6.45, 7) is 0. The predicted octanol–water partition coefficient (Wildman–Crippen LogP) is 3.38. The second-order valence-corrected chi connectivity index (χ2v) is 8.10. The number of thiophene rings is 1. The van der Waals surface area contributed by atoms with E-state index >= 15 is 0 Å². The Bertz CT molecular complexity index is 752. The van der Waals surface area contributed by atoms with Gasteiger partial charge in [-0.25, -0.2) is 9.97 Å². The molecule has 6 heteroatoms. The largest absolute Gasteiger partial charge is 0.474 e. The molecule has 2 aliphatic rings. The van der Waals surface area contributed by atoms with Gasteiger partial charge in [-0.05, 0) is 56.4 Å². The average Bonchev–Trinajstić information content (AvgIpc) is 2.94. The van der Waals surface area contributed by atoms with Crippen molar-refractivity contribution < 1.29 is 9.53 Å². The van der Waals surface area contributed by atoms with Gasteiger partial charge in [0.2, 0.25) is 11.8 Å². The van der Waals surface area contributed by atoms with Crippen LogP contribution in [0.2, 0.25) is 0 Å². The van der Waals surface area contributed by atoms with E-state index in [0.29, 0.717) is 12.3 Å². The fraction of sp³-hybridized carbons (Fsp3) is 0.611. The summed E-state index contributed by atoms with van der Waals surface area (Å²) in [4.78, 5) is 22.6. The van der Waals surface area contributed by atoms with E-state index in [-0.39, 0.29) is 12.0 Å². The van der Waals surface area contributed by atoms with Gasteiger partial charge < -0.3 is 10.5 Å². The van der Waals surface area contributed by atoms with Crippen molar-refractivity contribution in [2.45, 2.75) is 63.9 Å². The summed E-state index contributed by atoms with van der Waals surface area (Å²) in [6.07, 6.45) is 11.3. The number of hydrogen-bond donors (Lipinski definition) is 1. The van der Waals surface area contributed by atoms with E-state index in [9.17, 15) is 4.79 Å². The van der Waals surface area contributed by atoms with Crippen molar-refractivity contribution in [3.8, 4) is 5.88 Å². The lowest BCUT2D eigenvalue weighted by Crippen LogP contribution is -2.22. The van der Waals surface area contributed by atoms with Gasteiger partial charge in [0.05, 0.1) is 5.39 Å². The maximum Gasteiger partial charge on any atom is 0.225 e. The molecule has 2 heterocycles. The highest BCUT2D eigenvalue weighted by molar-refractivity contribution is 7.18. The topological polar surface area (TPSA) is 78.1 Å². The first-order valence-electron chi connectivity index (χ1n) is 8.91. The third-order valence-electron chi connectivity index (χ3n) is 5.23. The summed E-state index contributed by atoms with van der Waals surface area (Å²) >= 11 is 1.75. The molecule has 0 aromatic carbocycles. The highest BCUT2D eigenvalue weighted by Gasteiger charge is 2.27. The first kappa shape index (κ1) is 15.8. The minimum atomic E-state index is -0.210. The standard InChI is InChI=1S/C18H23N3O2S/c19-15(22)9-11-6-7-14-13(8-11)16-17(20-10-21-18(16)24-14)23-12-4-2-1-3-5-12/h10-12H,1-9H2,(H2,19,22)/t11-/m0/s1. The number of amides is 1. The minimum absolute atomic E-state index is 0.210. The molecule has 1 fully saturated rings. The summed E-state index contributed by atoms with van der Waals surface area (Å²) in [5.74, 6) is 0.859. The molecular weight excluding hydrogens is 322 g/mol.